The van der Waals surface area contributed by atoms with Gasteiger partial charge in [0, 0.05) is 5.56 Å². The highest BCUT2D eigenvalue weighted by atomic mass is 16.3. The second-order valence-corrected chi connectivity index (χ2v) is 3.01. The first-order valence-corrected chi connectivity index (χ1v) is 4.19. The molecule has 0 saturated heterocycles. The molecular weight excluding hydrogens is 180 g/mol. The monoisotopic (exact) mass is 190 g/mol. The standard InChI is InChI=1S/C9H10N4O/c1-5-7(10)6(2)12-13-8(5)9-11-3-4-14-9/h3-4H,1-2H3,(H2,10,13). The van der Waals surface area contributed by atoms with Crippen LogP contribution in [0.1, 0.15) is 11.3 Å². The maximum atomic E-state index is 5.82. The van der Waals surface area contributed by atoms with E-state index in [1.165, 1.54) is 6.26 Å². The van der Waals surface area contributed by atoms with E-state index >= 15 is 0 Å². The van der Waals surface area contributed by atoms with Crippen LogP contribution in [0.25, 0.3) is 11.6 Å². The van der Waals surface area contributed by atoms with Crippen molar-refractivity contribution in [2.45, 2.75) is 13.8 Å². The van der Waals surface area contributed by atoms with E-state index in [-0.39, 0.29) is 0 Å². The maximum absolute atomic E-state index is 5.82. The Kier molecular flexibility index (Phi) is 1.92. The Morgan fingerprint density at radius 2 is 2.07 bits per heavy atom. The molecule has 0 aliphatic heterocycles. The van der Waals surface area contributed by atoms with Crippen LogP contribution in [0.3, 0.4) is 0 Å². The van der Waals surface area contributed by atoms with Crippen LogP contribution < -0.4 is 5.73 Å². The van der Waals surface area contributed by atoms with Gasteiger partial charge in [-0.05, 0) is 13.8 Å². The van der Waals surface area contributed by atoms with Crippen molar-refractivity contribution >= 4 is 5.69 Å². The molecule has 0 fully saturated rings. The molecule has 5 nitrogen and oxygen atoms in total. The quantitative estimate of drug-likeness (QED) is 0.733. The number of nitrogens with zero attached hydrogens (tertiary/aromatic N) is 3. The zero-order valence-corrected chi connectivity index (χ0v) is 7.98. The average Bonchev–Trinajstić information content (AvgIpc) is 2.67. The number of oxazole rings is 1. The first-order valence-electron chi connectivity index (χ1n) is 4.19. The van der Waals surface area contributed by atoms with Crippen molar-refractivity contribution in [3.8, 4) is 11.6 Å². The van der Waals surface area contributed by atoms with E-state index in [2.05, 4.69) is 15.2 Å². The van der Waals surface area contributed by atoms with Crippen molar-refractivity contribution in [3.05, 3.63) is 23.7 Å². The fourth-order valence-electron chi connectivity index (χ4n) is 1.20. The molecule has 0 radical (unpaired) electrons. The van der Waals surface area contributed by atoms with Crippen molar-refractivity contribution < 1.29 is 4.42 Å². The van der Waals surface area contributed by atoms with E-state index < -0.39 is 0 Å². The van der Waals surface area contributed by atoms with Crippen LogP contribution in [0, 0.1) is 13.8 Å². The minimum absolute atomic E-state index is 0.446. The second-order valence-electron chi connectivity index (χ2n) is 3.01. The fourth-order valence-corrected chi connectivity index (χ4v) is 1.20. The van der Waals surface area contributed by atoms with E-state index in [4.69, 9.17) is 10.2 Å². The summed E-state index contributed by atoms with van der Waals surface area (Å²) in [7, 11) is 0. The summed E-state index contributed by atoms with van der Waals surface area (Å²) in [6, 6.07) is 0. The number of nitrogens with two attached hydrogens (primary N) is 1. The number of nitrogen functional groups attached to an aromatic ring is 1. The Morgan fingerprint density at radius 3 is 2.71 bits per heavy atom. The molecule has 72 valence electrons. The Labute approximate surface area is 81.0 Å². The predicted octanol–water partition coefficient (Wildman–Crippen LogP) is 1.33. The van der Waals surface area contributed by atoms with Crippen LogP contribution in [0.4, 0.5) is 5.69 Å². The predicted molar refractivity (Wildman–Crippen MR) is 51.4 cm³/mol. The van der Waals surface area contributed by atoms with Crippen molar-refractivity contribution in [2.24, 2.45) is 0 Å². The van der Waals surface area contributed by atoms with Crippen LogP contribution in [-0.2, 0) is 0 Å². The lowest BCUT2D eigenvalue weighted by molar-refractivity contribution is 0.570. The molecular formula is C9H10N4O. The molecule has 0 bridgehead atoms. The molecule has 0 aromatic carbocycles. The minimum atomic E-state index is 0.446. The molecule has 5 heteroatoms. The van der Waals surface area contributed by atoms with Gasteiger partial charge in [0.05, 0.1) is 17.6 Å². The molecule has 0 amide bonds. The topological polar surface area (TPSA) is 77.8 Å². The summed E-state index contributed by atoms with van der Waals surface area (Å²) >= 11 is 0. The smallest absolute Gasteiger partial charge is 0.247 e. The minimum Gasteiger partial charge on any atom is -0.443 e. The average molecular weight is 190 g/mol. The van der Waals surface area contributed by atoms with E-state index in [1.807, 2.05) is 13.8 Å². The van der Waals surface area contributed by atoms with Gasteiger partial charge in [-0.1, -0.05) is 0 Å². The summed E-state index contributed by atoms with van der Waals surface area (Å²) in [5.74, 6) is 0.446. The molecule has 2 aromatic rings. The van der Waals surface area contributed by atoms with Crippen molar-refractivity contribution in [1.29, 1.82) is 0 Å². The highest BCUT2D eigenvalue weighted by Gasteiger charge is 2.12. The zero-order chi connectivity index (χ0) is 10.1. The first-order chi connectivity index (χ1) is 6.70. The van der Waals surface area contributed by atoms with Gasteiger partial charge in [0.25, 0.3) is 0 Å². The molecule has 2 rings (SSSR count). The molecule has 0 atom stereocenters. The molecule has 0 spiro atoms. The van der Waals surface area contributed by atoms with Gasteiger partial charge in [0.2, 0.25) is 5.89 Å². The number of hydrogen-bond donors (Lipinski definition) is 1. The number of aryl methyl sites for hydroxylation is 1. The summed E-state index contributed by atoms with van der Waals surface area (Å²) in [5.41, 5.74) is 8.61. The molecule has 2 aromatic heterocycles. The summed E-state index contributed by atoms with van der Waals surface area (Å²) < 4.78 is 5.13. The number of rotatable bonds is 1. The van der Waals surface area contributed by atoms with Crippen molar-refractivity contribution in [3.63, 3.8) is 0 Å². The second kappa shape index (κ2) is 3.10. The molecule has 0 aliphatic carbocycles. The molecule has 14 heavy (non-hydrogen) atoms. The zero-order valence-electron chi connectivity index (χ0n) is 7.98. The van der Waals surface area contributed by atoms with Crippen LogP contribution >= 0.6 is 0 Å². The van der Waals surface area contributed by atoms with E-state index in [0.29, 0.717) is 17.3 Å². The summed E-state index contributed by atoms with van der Waals surface area (Å²) in [4.78, 5) is 3.99. The third-order valence-electron chi connectivity index (χ3n) is 2.08. The lowest BCUT2D eigenvalue weighted by Gasteiger charge is -2.04. The van der Waals surface area contributed by atoms with Gasteiger partial charge >= 0.3 is 0 Å². The van der Waals surface area contributed by atoms with E-state index in [9.17, 15) is 0 Å². The van der Waals surface area contributed by atoms with Gasteiger partial charge < -0.3 is 10.2 Å². The van der Waals surface area contributed by atoms with Crippen LogP contribution in [-0.4, -0.2) is 15.2 Å². The molecule has 0 aliphatic rings. The van der Waals surface area contributed by atoms with Crippen molar-refractivity contribution in [2.75, 3.05) is 5.73 Å². The Bertz CT molecular complexity index is 450. The lowest BCUT2D eigenvalue weighted by atomic mass is 10.1. The highest BCUT2D eigenvalue weighted by molar-refractivity contribution is 5.63. The Balaban J connectivity index is 2.61. The van der Waals surface area contributed by atoms with Crippen molar-refractivity contribution in [1.82, 2.24) is 15.2 Å². The number of anilines is 1. The largest absolute Gasteiger partial charge is 0.443 e. The van der Waals surface area contributed by atoms with Crippen LogP contribution in [0.5, 0.6) is 0 Å². The molecule has 2 heterocycles. The van der Waals surface area contributed by atoms with E-state index in [1.54, 1.807) is 6.20 Å². The Morgan fingerprint density at radius 1 is 1.29 bits per heavy atom. The fraction of sp³-hybridized carbons (Fsp3) is 0.222. The third kappa shape index (κ3) is 1.22. The third-order valence-corrected chi connectivity index (χ3v) is 2.08. The molecule has 0 saturated carbocycles. The lowest BCUT2D eigenvalue weighted by Crippen LogP contribution is -2.02. The normalized spacial score (nSPS) is 10.4. The SMILES string of the molecule is Cc1nnc(-c2ncco2)c(C)c1N. The van der Waals surface area contributed by atoms with Gasteiger partial charge in [-0.3, -0.25) is 0 Å². The van der Waals surface area contributed by atoms with Gasteiger partial charge in [-0.2, -0.15) is 5.10 Å². The maximum Gasteiger partial charge on any atom is 0.247 e. The van der Waals surface area contributed by atoms with Gasteiger partial charge in [0.1, 0.15) is 6.26 Å². The van der Waals surface area contributed by atoms with E-state index in [0.717, 1.165) is 11.3 Å². The molecule has 0 unspecified atom stereocenters. The van der Waals surface area contributed by atoms with Crippen LogP contribution in [0.2, 0.25) is 0 Å². The van der Waals surface area contributed by atoms with Gasteiger partial charge in [0.15, 0.2) is 5.69 Å². The van der Waals surface area contributed by atoms with Gasteiger partial charge in [-0.25, -0.2) is 4.98 Å². The van der Waals surface area contributed by atoms with Crippen LogP contribution in [0.15, 0.2) is 16.9 Å². The Hall–Kier alpha value is -1.91. The molecule has 2 N–H and O–H groups in total. The number of hydrogen-bond acceptors (Lipinski definition) is 5. The summed E-state index contributed by atoms with van der Waals surface area (Å²) in [6.07, 6.45) is 3.05. The first kappa shape index (κ1) is 8.68. The van der Waals surface area contributed by atoms with Gasteiger partial charge in [-0.15, -0.1) is 5.10 Å². The number of aromatic nitrogens is 3. The summed E-state index contributed by atoms with van der Waals surface area (Å²) in [5, 5.41) is 7.92. The highest BCUT2D eigenvalue weighted by Crippen LogP contribution is 2.23. The summed E-state index contributed by atoms with van der Waals surface area (Å²) in [6.45, 7) is 3.69.